The van der Waals surface area contributed by atoms with Crippen molar-refractivity contribution in [3.05, 3.63) is 35.4 Å². The molecular formula is C19H30N4O. The van der Waals surface area contributed by atoms with Crippen LogP contribution in [-0.2, 0) is 6.54 Å². The summed E-state index contributed by atoms with van der Waals surface area (Å²) < 4.78 is 0. The summed E-state index contributed by atoms with van der Waals surface area (Å²) in [5.41, 5.74) is 1.83. The van der Waals surface area contributed by atoms with E-state index in [0.717, 1.165) is 50.5 Å². The minimum atomic E-state index is 0.00362. The van der Waals surface area contributed by atoms with Crippen LogP contribution in [-0.4, -0.2) is 42.9 Å². The molecule has 132 valence electrons. The maximum atomic E-state index is 12.0. The van der Waals surface area contributed by atoms with Gasteiger partial charge in [0.25, 0.3) is 5.91 Å². The van der Waals surface area contributed by atoms with Gasteiger partial charge in [0.15, 0.2) is 5.96 Å². The van der Waals surface area contributed by atoms with Crippen molar-refractivity contribution in [1.29, 1.82) is 0 Å². The van der Waals surface area contributed by atoms with Gasteiger partial charge in [0, 0.05) is 31.7 Å². The number of benzene rings is 1. The van der Waals surface area contributed by atoms with E-state index in [4.69, 9.17) is 4.99 Å². The first-order valence-corrected chi connectivity index (χ1v) is 9.15. The van der Waals surface area contributed by atoms with Crippen molar-refractivity contribution >= 4 is 11.9 Å². The van der Waals surface area contributed by atoms with Crippen molar-refractivity contribution in [2.24, 2.45) is 4.99 Å². The van der Waals surface area contributed by atoms with E-state index in [9.17, 15) is 4.79 Å². The van der Waals surface area contributed by atoms with Gasteiger partial charge < -0.3 is 15.5 Å². The molecule has 0 spiro atoms. The Morgan fingerprint density at radius 2 is 1.83 bits per heavy atom. The number of rotatable bonds is 7. The molecule has 2 rings (SSSR count). The largest absolute Gasteiger partial charge is 0.357 e. The van der Waals surface area contributed by atoms with Crippen LogP contribution in [0.15, 0.2) is 29.3 Å². The number of guanidine groups is 1. The zero-order valence-corrected chi connectivity index (χ0v) is 15.0. The second kappa shape index (κ2) is 9.96. The molecule has 1 saturated heterocycles. The standard InChI is InChI=1S/C19H30N4O/c1-3-5-12-21-18(24)17-10-8-16(9-11-17)15-22-19(20-4-2)23-13-6-7-14-23/h8-11H,3-7,12-15H2,1-2H3,(H,20,22)(H,21,24). The Labute approximate surface area is 145 Å². The molecule has 1 aromatic rings. The smallest absolute Gasteiger partial charge is 0.251 e. The molecular weight excluding hydrogens is 300 g/mol. The normalized spacial score (nSPS) is 14.8. The first-order valence-electron chi connectivity index (χ1n) is 9.15. The van der Waals surface area contributed by atoms with E-state index in [0.29, 0.717) is 12.1 Å². The summed E-state index contributed by atoms with van der Waals surface area (Å²) in [5.74, 6) is 1.00. The van der Waals surface area contributed by atoms with Gasteiger partial charge in [-0.3, -0.25) is 4.79 Å². The van der Waals surface area contributed by atoms with Crippen LogP contribution in [0, 0.1) is 0 Å². The van der Waals surface area contributed by atoms with Crippen molar-refractivity contribution in [3.63, 3.8) is 0 Å². The number of unbranched alkanes of at least 4 members (excludes halogenated alkanes) is 1. The number of hydrogen-bond acceptors (Lipinski definition) is 2. The highest BCUT2D eigenvalue weighted by Gasteiger charge is 2.15. The summed E-state index contributed by atoms with van der Waals surface area (Å²) in [6.07, 6.45) is 4.59. The van der Waals surface area contributed by atoms with Gasteiger partial charge in [-0.2, -0.15) is 0 Å². The monoisotopic (exact) mass is 330 g/mol. The quantitative estimate of drug-likeness (QED) is 0.459. The van der Waals surface area contributed by atoms with Gasteiger partial charge in [-0.1, -0.05) is 25.5 Å². The summed E-state index contributed by atoms with van der Waals surface area (Å²) in [4.78, 5) is 19.1. The number of aliphatic imine (C=N–C) groups is 1. The van der Waals surface area contributed by atoms with Gasteiger partial charge in [0.1, 0.15) is 0 Å². The molecule has 0 atom stereocenters. The van der Waals surface area contributed by atoms with E-state index in [1.807, 2.05) is 24.3 Å². The highest BCUT2D eigenvalue weighted by atomic mass is 16.1. The Hall–Kier alpha value is -2.04. The fourth-order valence-electron chi connectivity index (χ4n) is 2.76. The number of nitrogens with zero attached hydrogens (tertiary/aromatic N) is 2. The van der Waals surface area contributed by atoms with E-state index < -0.39 is 0 Å². The number of amides is 1. The Morgan fingerprint density at radius 1 is 1.12 bits per heavy atom. The Balaban J connectivity index is 1.92. The van der Waals surface area contributed by atoms with Gasteiger partial charge in [0.05, 0.1) is 6.54 Å². The minimum absolute atomic E-state index is 0.00362. The van der Waals surface area contributed by atoms with E-state index in [1.165, 1.54) is 12.8 Å². The highest BCUT2D eigenvalue weighted by Crippen LogP contribution is 2.10. The second-order valence-corrected chi connectivity index (χ2v) is 6.17. The Kier molecular flexibility index (Phi) is 7.59. The molecule has 5 nitrogen and oxygen atoms in total. The molecule has 0 aliphatic carbocycles. The SMILES string of the molecule is CCCCNC(=O)c1ccc(CN=C(NCC)N2CCCC2)cc1. The molecule has 0 bridgehead atoms. The molecule has 1 aromatic carbocycles. The summed E-state index contributed by atoms with van der Waals surface area (Å²) >= 11 is 0. The van der Waals surface area contributed by atoms with E-state index in [2.05, 4.69) is 29.4 Å². The molecule has 1 aliphatic heterocycles. The summed E-state index contributed by atoms with van der Waals surface area (Å²) in [7, 11) is 0. The van der Waals surface area contributed by atoms with Crippen LogP contribution in [0.25, 0.3) is 0 Å². The molecule has 0 unspecified atom stereocenters. The van der Waals surface area contributed by atoms with Gasteiger partial charge in [-0.15, -0.1) is 0 Å². The lowest BCUT2D eigenvalue weighted by molar-refractivity contribution is 0.0953. The average Bonchev–Trinajstić information content (AvgIpc) is 3.13. The fourth-order valence-corrected chi connectivity index (χ4v) is 2.76. The number of likely N-dealkylation sites (tertiary alicyclic amines) is 1. The number of carbonyl (C=O) groups is 1. The molecule has 0 saturated carbocycles. The molecule has 1 fully saturated rings. The lowest BCUT2D eigenvalue weighted by Gasteiger charge is -2.20. The van der Waals surface area contributed by atoms with Gasteiger partial charge >= 0.3 is 0 Å². The van der Waals surface area contributed by atoms with Crippen molar-refractivity contribution in [2.45, 2.75) is 46.1 Å². The zero-order valence-electron chi connectivity index (χ0n) is 15.0. The fraction of sp³-hybridized carbons (Fsp3) is 0.579. The summed E-state index contributed by atoms with van der Waals surface area (Å²) in [5, 5.41) is 6.31. The summed E-state index contributed by atoms with van der Waals surface area (Å²) in [6.45, 7) is 8.64. The third kappa shape index (κ3) is 5.55. The Morgan fingerprint density at radius 3 is 2.46 bits per heavy atom. The van der Waals surface area contributed by atoms with E-state index in [1.54, 1.807) is 0 Å². The second-order valence-electron chi connectivity index (χ2n) is 6.17. The molecule has 1 heterocycles. The Bertz CT molecular complexity index is 533. The first kappa shape index (κ1) is 18.3. The van der Waals surface area contributed by atoms with Crippen LogP contribution >= 0.6 is 0 Å². The third-order valence-corrected chi connectivity index (χ3v) is 4.18. The third-order valence-electron chi connectivity index (χ3n) is 4.18. The molecule has 0 radical (unpaired) electrons. The molecule has 1 amide bonds. The lowest BCUT2D eigenvalue weighted by Crippen LogP contribution is -2.39. The van der Waals surface area contributed by atoms with Crippen LogP contribution < -0.4 is 10.6 Å². The predicted molar refractivity (Wildman–Crippen MR) is 99.3 cm³/mol. The molecule has 24 heavy (non-hydrogen) atoms. The summed E-state index contributed by atoms with van der Waals surface area (Å²) in [6, 6.07) is 7.75. The van der Waals surface area contributed by atoms with Crippen LogP contribution in [0.3, 0.4) is 0 Å². The van der Waals surface area contributed by atoms with Crippen LogP contribution in [0.2, 0.25) is 0 Å². The molecule has 0 aromatic heterocycles. The van der Waals surface area contributed by atoms with Crippen molar-refractivity contribution in [2.75, 3.05) is 26.2 Å². The number of hydrogen-bond donors (Lipinski definition) is 2. The lowest BCUT2D eigenvalue weighted by atomic mass is 10.1. The topological polar surface area (TPSA) is 56.7 Å². The van der Waals surface area contributed by atoms with Crippen LogP contribution in [0.5, 0.6) is 0 Å². The van der Waals surface area contributed by atoms with Gasteiger partial charge in [-0.05, 0) is 43.9 Å². The van der Waals surface area contributed by atoms with Gasteiger partial charge in [-0.25, -0.2) is 4.99 Å². The van der Waals surface area contributed by atoms with Crippen molar-refractivity contribution < 1.29 is 4.79 Å². The maximum absolute atomic E-state index is 12.0. The van der Waals surface area contributed by atoms with E-state index >= 15 is 0 Å². The van der Waals surface area contributed by atoms with Crippen LogP contribution in [0.1, 0.15) is 55.5 Å². The number of carbonyl (C=O) groups excluding carboxylic acids is 1. The minimum Gasteiger partial charge on any atom is -0.357 e. The van der Waals surface area contributed by atoms with Crippen molar-refractivity contribution in [3.8, 4) is 0 Å². The van der Waals surface area contributed by atoms with Crippen LogP contribution in [0.4, 0.5) is 0 Å². The maximum Gasteiger partial charge on any atom is 0.251 e. The molecule has 5 heteroatoms. The molecule has 1 aliphatic rings. The van der Waals surface area contributed by atoms with Gasteiger partial charge in [0.2, 0.25) is 0 Å². The van der Waals surface area contributed by atoms with E-state index in [-0.39, 0.29) is 5.91 Å². The highest BCUT2D eigenvalue weighted by molar-refractivity contribution is 5.94. The average molecular weight is 330 g/mol. The number of nitrogens with one attached hydrogen (secondary N) is 2. The predicted octanol–water partition coefficient (Wildman–Crippen LogP) is 2.78. The first-order chi connectivity index (χ1) is 11.7. The molecule has 2 N–H and O–H groups in total. The zero-order chi connectivity index (χ0) is 17.2. The van der Waals surface area contributed by atoms with Crippen molar-refractivity contribution in [1.82, 2.24) is 15.5 Å².